The van der Waals surface area contributed by atoms with Crippen molar-refractivity contribution in [2.45, 2.75) is 45.1 Å². The van der Waals surface area contributed by atoms with Crippen molar-refractivity contribution >= 4 is 17.5 Å². The number of nitrogens with one attached hydrogen (secondary N) is 1. The predicted molar refractivity (Wildman–Crippen MR) is 97.2 cm³/mol. The van der Waals surface area contributed by atoms with Gasteiger partial charge in [-0.3, -0.25) is 4.79 Å². The highest BCUT2D eigenvalue weighted by Crippen LogP contribution is 2.60. The third-order valence-corrected chi connectivity index (χ3v) is 6.82. The molecule has 4 fully saturated rings. The zero-order chi connectivity index (χ0) is 17.7. The first-order chi connectivity index (χ1) is 12.6. The van der Waals surface area contributed by atoms with Gasteiger partial charge in [0.1, 0.15) is 0 Å². The number of hydrogen-bond donors (Lipinski definition) is 1. The minimum atomic E-state index is -0.152. The molecular weight excluding hydrogens is 350 g/mol. The van der Waals surface area contributed by atoms with E-state index in [4.69, 9.17) is 16.0 Å². The van der Waals surface area contributed by atoms with E-state index >= 15 is 0 Å². The van der Waals surface area contributed by atoms with Crippen molar-refractivity contribution in [2.75, 3.05) is 0 Å². The standard InChI is InChI=1S/C20H22ClN3O2/c21-16-4-2-1-3-15(16)18-24-23-17(26-18)11-22-19(25)20-8-12-5-13(9-20)7-14(6-12)10-20/h1-4,12-14H,5-11H2,(H,22,25). The molecule has 0 aliphatic heterocycles. The molecule has 5 nitrogen and oxygen atoms in total. The molecule has 1 aromatic heterocycles. The summed E-state index contributed by atoms with van der Waals surface area (Å²) in [6, 6.07) is 7.36. The van der Waals surface area contributed by atoms with Crippen LogP contribution in [0.3, 0.4) is 0 Å². The molecule has 1 amide bonds. The molecule has 0 radical (unpaired) electrons. The Balaban J connectivity index is 1.27. The number of halogens is 1. The third-order valence-electron chi connectivity index (χ3n) is 6.49. The summed E-state index contributed by atoms with van der Waals surface area (Å²) in [5.41, 5.74) is 0.556. The summed E-state index contributed by atoms with van der Waals surface area (Å²) in [6.07, 6.45) is 7.16. The van der Waals surface area contributed by atoms with Crippen LogP contribution < -0.4 is 5.32 Å². The second-order valence-electron chi connectivity index (χ2n) is 8.36. The van der Waals surface area contributed by atoms with Crippen LogP contribution in [0.25, 0.3) is 11.5 Å². The Morgan fingerprint density at radius 2 is 1.77 bits per heavy atom. The van der Waals surface area contributed by atoms with E-state index in [1.165, 1.54) is 19.3 Å². The molecule has 1 N–H and O–H groups in total. The first-order valence-electron chi connectivity index (χ1n) is 9.47. The Labute approximate surface area is 157 Å². The third kappa shape index (κ3) is 2.73. The van der Waals surface area contributed by atoms with Crippen molar-refractivity contribution in [2.24, 2.45) is 23.2 Å². The van der Waals surface area contributed by atoms with Gasteiger partial charge in [-0.2, -0.15) is 0 Å². The number of carbonyl (C=O) groups is 1. The van der Waals surface area contributed by atoms with Gasteiger partial charge in [-0.05, 0) is 68.4 Å². The van der Waals surface area contributed by atoms with E-state index in [2.05, 4.69) is 15.5 Å². The number of aromatic nitrogens is 2. The maximum atomic E-state index is 13.0. The normalized spacial score (nSPS) is 32.0. The molecule has 6 heteroatoms. The highest BCUT2D eigenvalue weighted by Gasteiger charge is 2.54. The van der Waals surface area contributed by atoms with Gasteiger partial charge in [-0.25, -0.2) is 0 Å². The molecular formula is C20H22ClN3O2. The molecule has 0 saturated heterocycles. The fourth-order valence-corrected chi connectivity index (χ4v) is 6.02. The summed E-state index contributed by atoms with van der Waals surface area (Å²) < 4.78 is 5.70. The Kier molecular flexibility index (Phi) is 3.82. The van der Waals surface area contributed by atoms with Gasteiger partial charge in [0.05, 0.1) is 17.1 Å². The molecule has 2 aromatic rings. The van der Waals surface area contributed by atoms with E-state index in [1.807, 2.05) is 18.2 Å². The molecule has 136 valence electrons. The van der Waals surface area contributed by atoms with Crippen LogP contribution in [0.1, 0.15) is 44.4 Å². The average Bonchev–Trinajstić information content (AvgIpc) is 3.07. The SMILES string of the molecule is O=C(NCc1nnc(-c2ccccc2Cl)o1)C12CC3CC(CC(C3)C1)C2. The number of hydrogen-bond acceptors (Lipinski definition) is 4. The quantitative estimate of drug-likeness (QED) is 0.873. The minimum absolute atomic E-state index is 0.152. The van der Waals surface area contributed by atoms with E-state index in [9.17, 15) is 4.79 Å². The van der Waals surface area contributed by atoms with Crippen LogP contribution in [0.4, 0.5) is 0 Å². The van der Waals surface area contributed by atoms with Crippen molar-refractivity contribution in [3.63, 3.8) is 0 Å². The van der Waals surface area contributed by atoms with Crippen LogP contribution in [0, 0.1) is 23.2 Å². The highest BCUT2D eigenvalue weighted by atomic mass is 35.5. The van der Waals surface area contributed by atoms with Crippen molar-refractivity contribution in [3.05, 3.63) is 35.2 Å². The molecule has 4 aliphatic carbocycles. The average molecular weight is 372 g/mol. The summed E-state index contributed by atoms with van der Waals surface area (Å²) in [7, 11) is 0. The lowest BCUT2D eigenvalue weighted by molar-refractivity contribution is -0.146. The predicted octanol–water partition coefficient (Wildman–Crippen LogP) is 4.22. The van der Waals surface area contributed by atoms with Gasteiger partial charge in [0.2, 0.25) is 17.7 Å². The van der Waals surface area contributed by atoms with Gasteiger partial charge in [-0.1, -0.05) is 23.7 Å². The van der Waals surface area contributed by atoms with Crippen molar-refractivity contribution in [3.8, 4) is 11.5 Å². The smallest absolute Gasteiger partial charge is 0.249 e. The molecule has 4 aliphatic rings. The zero-order valence-electron chi connectivity index (χ0n) is 14.6. The van der Waals surface area contributed by atoms with Crippen LogP contribution >= 0.6 is 11.6 Å². The molecule has 0 unspecified atom stereocenters. The fourth-order valence-electron chi connectivity index (χ4n) is 5.80. The second-order valence-corrected chi connectivity index (χ2v) is 8.77. The maximum absolute atomic E-state index is 13.0. The summed E-state index contributed by atoms with van der Waals surface area (Å²) in [5.74, 6) is 3.23. The van der Waals surface area contributed by atoms with Crippen LogP contribution in [0.2, 0.25) is 5.02 Å². The van der Waals surface area contributed by atoms with Gasteiger partial charge < -0.3 is 9.73 Å². The Bertz CT molecular complexity index is 812. The highest BCUT2D eigenvalue weighted by molar-refractivity contribution is 6.33. The number of amides is 1. The second kappa shape index (κ2) is 6.08. The molecule has 26 heavy (non-hydrogen) atoms. The number of rotatable bonds is 4. The van der Waals surface area contributed by atoms with Crippen LogP contribution in [-0.2, 0) is 11.3 Å². The molecule has 1 aromatic carbocycles. The minimum Gasteiger partial charge on any atom is -0.419 e. The topological polar surface area (TPSA) is 68.0 Å². The molecule has 1 heterocycles. The van der Waals surface area contributed by atoms with Gasteiger partial charge in [0.15, 0.2) is 0 Å². The molecule has 4 saturated carbocycles. The van der Waals surface area contributed by atoms with Gasteiger partial charge in [-0.15, -0.1) is 10.2 Å². The Morgan fingerprint density at radius 1 is 1.12 bits per heavy atom. The zero-order valence-corrected chi connectivity index (χ0v) is 15.3. The fraction of sp³-hybridized carbons (Fsp3) is 0.550. The van der Waals surface area contributed by atoms with Crippen LogP contribution in [0.15, 0.2) is 28.7 Å². The summed E-state index contributed by atoms with van der Waals surface area (Å²) in [5, 5.41) is 11.8. The van der Waals surface area contributed by atoms with E-state index in [-0.39, 0.29) is 17.9 Å². The largest absolute Gasteiger partial charge is 0.419 e. The first kappa shape index (κ1) is 16.3. The van der Waals surface area contributed by atoms with E-state index < -0.39 is 0 Å². The van der Waals surface area contributed by atoms with Crippen LogP contribution in [0.5, 0.6) is 0 Å². The number of benzene rings is 1. The lowest BCUT2D eigenvalue weighted by Gasteiger charge is -2.55. The molecule has 0 spiro atoms. The molecule has 0 atom stereocenters. The first-order valence-corrected chi connectivity index (χ1v) is 9.85. The molecule has 4 bridgehead atoms. The lowest BCUT2D eigenvalue weighted by atomic mass is 9.49. The Hall–Kier alpha value is -1.88. The summed E-state index contributed by atoms with van der Waals surface area (Å²) in [6.45, 7) is 0.276. The Morgan fingerprint density at radius 3 is 2.42 bits per heavy atom. The van der Waals surface area contributed by atoms with Crippen molar-refractivity contribution in [1.82, 2.24) is 15.5 Å². The van der Waals surface area contributed by atoms with Crippen molar-refractivity contribution < 1.29 is 9.21 Å². The molecule has 6 rings (SSSR count). The number of nitrogens with zero attached hydrogens (tertiary/aromatic N) is 2. The lowest BCUT2D eigenvalue weighted by Crippen LogP contribution is -2.53. The van der Waals surface area contributed by atoms with Crippen LogP contribution in [-0.4, -0.2) is 16.1 Å². The monoisotopic (exact) mass is 371 g/mol. The summed E-state index contributed by atoms with van der Waals surface area (Å²) in [4.78, 5) is 13.0. The summed E-state index contributed by atoms with van der Waals surface area (Å²) >= 11 is 6.17. The van der Waals surface area contributed by atoms with E-state index in [1.54, 1.807) is 6.07 Å². The van der Waals surface area contributed by atoms with Gasteiger partial charge in [0, 0.05) is 5.41 Å². The van der Waals surface area contributed by atoms with E-state index in [0.29, 0.717) is 22.4 Å². The van der Waals surface area contributed by atoms with Gasteiger partial charge in [0.25, 0.3) is 0 Å². The van der Waals surface area contributed by atoms with Gasteiger partial charge >= 0.3 is 0 Å². The van der Waals surface area contributed by atoms with Crippen molar-refractivity contribution in [1.29, 1.82) is 0 Å². The number of carbonyl (C=O) groups excluding carboxylic acids is 1. The van der Waals surface area contributed by atoms with E-state index in [0.717, 1.165) is 37.0 Å². The maximum Gasteiger partial charge on any atom is 0.249 e.